The lowest BCUT2D eigenvalue weighted by Gasteiger charge is -2.13. The molecular weight excluding hydrogens is 387 g/mol. The van der Waals surface area contributed by atoms with Gasteiger partial charge in [0.25, 0.3) is 5.91 Å². The Morgan fingerprint density at radius 1 is 1.21 bits per heavy atom. The Labute approximate surface area is 161 Å². The average molecular weight is 400 g/mol. The van der Waals surface area contributed by atoms with Crippen LogP contribution in [0.1, 0.15) is 17.3 Å². The zero-order valence-electron chi connectivity index (χ0n) is 14.9. The van der Waals surface area contributed by atoms with Crippen LogP contribution < -0.4 is 10.9 Å². The van der Waals surface area contributed by atoms with E-state index in [1.165, 1.54) is 13.0 Å². The van der Waals surface area contributed by atoms with Gasteiger partial charge in [0.2, 0.25) is 5.82 Å². The fourth-order valence-corrected chi connectivity index (χ4v) is 2.46. The van der Waals surface area contributed by atoms with Crippen LogP contribution in [-0.4, -0.2) is 22.9 Å². The molecule has 1 N–H and O–H groups in total. The lowest BCUT2D eigenvalue weighted by Crippen LogP contribution is -2.31. The number of halogens is 1. The molecule has 1 atom stereocenters. The Kier molecular flexibility index (Phi) is 5.35. The second kappa shape index (κ2) is 7.89. The van der Waals surface area contributed by atoms with Gasteiger partial charge in [-0.25, -0.2) is 9.59 Å². The number of carbonyl (C=O) groups excluding carboxylic acids is 2. The summed E-state index contributed by atoms with van der Waals surface area (Å²) in [6.45, 7) is 1.24. The van der Waals surface area contributed by atoms with Crippen LogP contribution in [0, 0.1) is 15.9 Å². The van der Waals surface area contributed by atoms with Gasteiger partial charge >= 0.3 is 17.3 Å². The number of anilines is 1. The average Bonchev–Trinajstić information content (AvgIpc) is 2.68. The van der Waals surface area contributed by atoms with E-state index >= 15 is 0 Å². The van der Waals surface area contributed by atoms with Gasteiger partial charge in [-0.1, -0.05) is 18.2 Å². The largest absolute Gasteiger partial charge is 0.449 e. The van der Waals surface area contributed by atoms with E-state index in [-0.39, 0.29) is 16.8 Å². The highest BCUT2D eigenvalue weighted by Gasteiger charge is 2.23. The quantitative estimate of drug-likeness (QED) is 0.302. The number of esters is 1. The molecule has 0 bridgehead atoms. The van der Waals surface area contributed by atoms with Crippen LogP contribution in [0.15, 0.2) is 57.7 Å². The molecule has 0 unspecified atom stereocenters. The van der Waals surface area contributed by atoms with Crippen molar-refractivity contribution in [2.24, 2.45) is 0 Å². The third kappa shape index (κ3) is 4.26. The van der Waals surface area contributed by atoms with Crippen LogP contribution in [-0.2, 0) is 9.53 Å². The monoisotopic (exact) mass is 400 g/mol. The molecule has 0 radical (unpaired) electrons. The van der Waals surface area contributed by atoms with Gasteiger partial charge in [0.15, 0.2) is 6.10 Å². The molecule has 9 nitrogen and oxygen atoms in total. The molecule has 3 aromatic rings. The van der Waals surface area contributed by atoms with Gasteiger partial charge in [-0.15, -0.1) is 0 Å². The number of nitrogens with zero attached hydrogens (tertiary/aromatic N) is 1. The summed E-state index contributed by atoms with van der Waals surface area (Å²) in [5.74, 6) is -2.96. The first kappa shape index (κ1) is 19.7. The summed E-state index contributed by atoms with van der Waals surface area (Å²) >= 11 is 0. The number of para-hydroxylation sites is 1. The first-order valence-electron chi connectivity index (χ1n) is 8.25. The highest BCUT2D eigenvalue weighted by Crippen LogP contribution is 2.22. The Bertz CT molecular complexity index is 1190. The van der Waals surface area contributed by atoms with Crippen LogP contribution in [0.5, 0.6) is 0 Å². The number of hydrogen-bond donors (Lipinski definition) is 1. The van der Waals surface area contributed by atoms with Crippen molar-refractivity contribution in [1.82, 2.24) is 0 Å². The molecule has 0 aliphatic carbocycles. The van der Waals surface area contributed by atoms with E-state index in [0.717, 1.165) is 18.2 Å². The number of nitrogens with one attached hydrogen (secondary N) is 1. The van der Waals surface area contributed by atoms with E-state index < -0.39 is 40.0 Å². The topological polar surface area (TPSA) is 129 Å². The third-order valence-corrected chi connectivity index (χ3v) is 3.92. The van der Waals surface area contributed by atoms with E-state index in [9.17, 15) is 28.9 Å². The molecule has 0 aliphatic heterocycles. The maximum Gasteiger partial charge on any atom is 0.351 e. The Morgan fingerprint density at radius 2 is 1.93 bits per heavy atom. The summed E-state index contributed by atoms with van der Waals surface area (Å²) < 4.78 is 23.4. The number of hydrogen-bond acceptors (Lipinski definition) is 7. The van der Waals surface area contributed by atoms with E-state index in [2.05, 4.69) is 5.32 Å². The minimum atomic E-state index is -1.35. The van der Waals surface area contributed by atoms with Crippen molar-refractivity contribution >= 4 is 34.2 Å². The van der Waals surface area contributed by atoms with Crippen LogP contribution in [0.3, 0.4) is 0 Å². The van der Waals surface area contributed by atoms with Gasteiger partial charge in [0, 0.05) is 17.1 Å². The van der Waals surface area contributed by atoms with E-state index in [1.807, 2.05) is 0 Å². The second-order valence-electron chi connectivity index (χ2n) is 5.95. The molecule has 0 saturated heterocycles. The van der Waals surface area contributed by atoms with Gasteiger partial charge in [-0.3, -0.25) is 14.9 Å². The number of rotatable bonds is 5. The third-order valence-electron chi connectivity index (χ3n) is 3.92. The van der Waals surface area contributed by atoms with E-state index in [1.54, 1.807) is 24.3 Å². The molecule has 0 aliphatic rings. The van der Waals surface area contributed by atoms with Crippen molar-refractivity contribution in [3.05, 3.63) is 80.4 Å². The molecule has 29 heavy (non-hydrogen) atoms. The van der Waals surface area contributed by atoms with Crippen molar-refractivity contribution in [3.8, 4) is 0 Å². The van der Waals surface area contributed by atoms with Crippen molar-refractivity contribution < 1.29 is 28.1 Å². The number of carbonyl (C=O) groups is 2. The number of nitro groups is 1. The van der Waals surface area contributed by atoms with Crippen molar-refractivity contribution in [3.63, 3.8) is 0 Å². The normalized spacial score (nSPS) is 11.7. The number of nitro benzene ring substituents is 1. The minimum absolute atomic E-state index is 0.0591. The number of amides is 1. The van der Waals surface area contributed by atoms with Gasteiger partial charge in [0.05, 0.1) is 4.92 Å². The second-order valence-corrected chi connectivity index (χ2v) is 5.95. The van der Waals surface area contributed by atoms with Gasteiger partial charge < -0.3 is 14.5 Å². The standard InChI is InChI=1S/C19H13FN2O7/c1-10(17(23)21-12-6-7-14(20)15(9-12)22(26)27)28-18(24)13-8-11-4-2-3-5-16(11)29-19(13)25/h2-10H,1H3,(H,21,23)/t10-/m1/s1. The maximum atomic E-state index is 13.4. The molecule has 0 spiro atoms. The molecule has 10 heteroatoms. The molecule has 1 aromatic heterocycles. The summed E-state index contributed by atoms with van der Waals surface area (Å²) in [5.41, 5.74) is -1.90. The predicted octanol–water partition coefficient (Wildman–Crippen LogP) is 3.02. The molecule has 0 saturated carbocycles. The molecule has 2 aromatic carbocycles. The smallest absolute Gasteiger partial charge is 0.351 e. The number of ether oxygens (including phenoxy) is 1. The minimum Gasteiger partial charge on any atom is -0.449 e. The lowest BCUT2D eigenvalue weighted by molar-refractivity contribution is -0.387. The SMILES string of the molecule is C[C@@H](OC(=O)c1cc2ccccc2oc1=O)C(=O)Nc1ccc(F)c([N+](=O)[O-])c1. The molecular formula is C19H13FN2O7. The highest BCUT2D eigenvalue weighted by molar-refractivity contribution is 5.98. The summed E-state index contributed by atoms with van der Waals surface area (Å²) in [6.07, 6.45) is -1.35. The molecule has 1 heterocycles. The molecule has 0 fully saturated rings. The lowest BCUT2D eigenvalue weighted by atomic mass is 10.2. The van der Waals surface area contributed by atoms with Crippen molar-refractivity contribution in [2.45, 2.75) is 13.0 Å². The Balaban J connectivity index is 1.74. The van der Waals surface area contributed by atoms with Crippen LogP contribution in [0.25, 0.3) is 11.0 Å². The Hall–Kier alpha value is -4.08. The van der Waals surface area contributed by atoms with Crippen molar-refractivity contribution in [2.75, 3.05) is 5.32 Å². The predicted molar refractivity (Wildman–Crippen MR) is 99.0 cm³/mol. The summed E-state index contributed by atoms with van der Waals surface area (Å²) in [7, 11) is 0. The summed E-state index contributed by atoms with van der Waals surface area (Å²) in [5, 5.41) is 13.5. The molecule has 1 amide bonds. The van der Waals surface area contributed by atoms with Gasteiger partial charge in [0.1, 0.15) is 11.1 Å². The summed E-state index contributed by atoms with van der Waals surface area (Å²) in [6, 6.07) is 10.6. The number of fused-ring (bicyclic) bond motifs is 1. The summed E-state index contributed by atoms with van der Waals surface area (Å²) in [4.78, 5) is 46.3. The first-order chi connectivity index (χ1) is 13.8. The zero-order chi connectivity index (χ0) is 21.1. The molecule has 148 valence electrons. The van der Waals surface area contributed by atoms with Crippen LogP contribution in [0.2, 0.25) is 0 Å². The van der Waals surface area contributed by atoms with Gasteiger partial charge in [-0.05, 0) is 31.2 Å². The molecule has 3 rings (SSSR count). The fourth-order valence-electron chi connectivity index (χ4n) is 2.46. The van der Waals surface area contributed by atoms with Crippen LogP contribution in [0.4, 0.5) is 15.8 Å². The van der Waals surface area contributed by atoms with E-state index in [0.29, 0.717) is 5.39 Å². The highest BCUT2D eigenvalue weighted by atomic mass is 19.1. The van der Waals surface area contributed by atoms with Gasteiger partial charge in [-0.2, -0.15) is 4.39 Å². The first-order valence-corrected chi connectivity index (χ1v) is 8.25. The maximum absolute atomic E-state index is 13.4. The van der Waals surface area contributed by atoms with E-state index in [4.69, 9.17) is 9.15 Å². The van der Waals surface area contributed by atoms with Crippen LogP contribution >= 0.6 is 0 Å². The Morgan fingerprint density at radius 3 is 2.66 bits per heavy atom. The van der Waals surface area contributed by atoms with Crippen molar-refractivity contribution in [1.29, 1.82) is 0 Å². The number of benzene rings is 2. The fraction of sp³-hybridized carbons (Fsp3) is 0.105. The zero-order valence-corrected chi connectivity index (χ0v) is 14.9.